The molecule has 1 unspecified atom stereocenters. The van der Waals surface area contributed by atoms with Crippen LogP contribution < -0.4 is 5.73 Å². The lowest BCUT2D eigenvalue weighted by atomic mass is 10.1. The van der Waals surface area contributed by atoms with Crippen molar-refractivity contribution in [3.05, 3.63) is 122 Å². The van der Waals surface area contributed by atoms with Crippen molar-refractivity contribution in [1.82, 2.24) is 0 Å². The van der Waals surface area contributed by atoms with Gasteiger partial charge < -0.3 is 20.1 Å². The third kappa shape index (κ3) is 40.3. The van der Waals surface area contributed by atoms with Gasteiger partial charge in [0.2, 0.25) is 0 Å². The summed E-state index contributed by atoms with van der Waals surface area (Å²) in [7, 11) is -4.46. The van der Waals surface area contributed by atoms with Gasteiger partial charge in [0.05, 0.1) is 13.2 Å². The maximum absolute atomic E-state index is 12.5. The number of ether oxygens (including phenoxy) is 2. The Morgan fingerprint density at radius 1 is 0.586 bits per heavy atom. The Balaban J connectivity index is 4.53. The van der Waals surface area contributed by atoms with E-state index in [1.807, 2.05) is 24.3 Å². The van der Waals surface area contributed by atoms with E-state index in [9.17, 15) is 23.8 Å². The number of ketones is 1. The summed E-state index contributed by atoms with van der Waals surface area (Å²) >= 11 is 0. The second-order valence-corrected chi connectivity index (χ2v) is 14.6. The first-order valence-corrected chi connectivity index (χ1v) is 22.5. The van der Waals surface area contributed by atoms with Crippen LogP contribution in [0.25, 0.3) is 0 Å². The van der Waals surface area contributed by atoms with Crippen molar-refractivity contribution in [3.8, 4) is 0 Å². The highest BCUT2D eigenvalue weighted by Crippen LogP contribution is 2.43. The molecule has 0 rings (SSSR count). The number of rotatable bonds is 37. The van der Waals surface area contributed by atoms with Gasteiger partial charge >= 0.3 is 19.8 Å². The lowest BCUT2D eigenvalue weighted by Crippen LogP contribution is -2.29. The molecule has 3 N–H and O–H groups in total. The third-order valence-electron chi connectivity index (χ3n) is 7.82. The SMILES string of the molecule is CC/C=C\C/C=C\C/C=C\C/C=C\C/C=C\C/C=C\CCC(=O)O[C@H](COC(=O)CCCC(=O)/C=C/C=C\C/C=C\C/C=C\CCCCC)COP(=O)(O)OCCN. The van der Waals surface area contributed by atoms with E-state index in [-0.39, 0.29) is 44.6 Å². The zero-order chi connectivity index (χ0) is 42.6. The van der Waals surface area contributed by atoms with Crippen molar-refractivity contribution in [2.24, 2.45) is 5.73 Å². The number of hydrogen-bond donors (Lipinski definition) is 2. The Kier molecular flexibility index (Phi) is 38.5. The van der Waals surface area contributed by atoms with Gasteiger partial charge in [0.1, 0.15) is 6.61 Å². The van der Waals surface area contributed by atoms with Gasteiger partial charge in [0, 0.05) is 25.8 Å². The van der Waals surface area contributed by atoms with Gasteiger partial charge in [-0.2, -0.15) is 0 Å². The molecule has 58 heavy (non-hydrogen) atoms. The number of carbonyl (C=O) groups is 3. The first-order chi connectivity index (χ1) is 28.2. The van der Waals surface area contributed by atoms with E-state index in [1.54, 1.807) is 6.08 Å². The average Bonchev–Trinajstić information content (AvgIpc) is 3.20. The molecule has 0 bridgehead atoms. The summed E-state index contributed by atoms with van der Waals surface area (Å²) in [5.74, 6) is -1.32. The minimum absolute atomic E-state index is 0.00268. The normalized spacial score (nSPS) is 14.4. The van der Waals surface area contributed by atoms with Gasteiger partial charge in [0.25, 0.3) is 0 Å². The Bertz CT molecular complexity index is 1420. The summed E-state index contributed by atoms with van der Waals surface area (Å²) in [4.78, 5) is 47.0. The summed E-state index contributed by atoms with van der Waals surface area (Å²) in [5, 5.41) is 0. The zero-order valence-electron chi connectivity index (χ0n) is 35.2. The van der Waals surface area contributed by atoms with Gasteiger partial charge in [-0.05, 0) is 83.1 Å². The Morgan fingerprint density at radius 3 is 1.67 bits per heavy atom. The van der Waals surface area contributed by atoms with Crippen molar-refractivity contribution >= 4 is 25.5 Å². The predicted octanol–water partition coefficient (Wildman–Crippen LogP) is 11.3. The van der Waals surface area contributed by atoms with Crippen molar-refractivity contribution < 1.29 is 42.4 Å². The van der Waals surface area contributed by atoms with Crippen LogP contribution in [0.4, 0.5) is 0 Å². The summed E-state index contributed by atoms with van der Waals surface area (Å²) in [6, 6.07) is 0. The lowest BCUT2D eigenvalue weighted by Gasteiger charge is -2.19. The van der Waals surface area contributed by atoms with Gasteiger partial charge in [-0.3, -0.25) is 23.4 Å². The van der Waals surface area contributed by atoms with Crippen LogP contribution in [-0.4, -0.2) is 55.1 Å². The van der Waals surface area contributed by atoms with Gasteiger partial charge in [-0.15, -0.1) is 0 Å². The fourth-order valence-electron chi connectivity index (χ4n) is 4.73. The summed E-state index contributed by atoms with van der Waals surface area (Å²) < 4.78 is 32.4. The molecule has 0 saturated heterocycles. The number of nitrogens with two attached hydrogens (primary N) is 1. The first kappa shape index (κ1) is 54.1. The van der Waals surface area contributed by atoms with Gasteiger partial charge in [0.15, 0.2) is 11.9 Å². The zero-order valence-corrected chi connectivity index (χ0v) is 36.1. The average molecular weight is 826 g/mol. The maximum Gasteiger partial charge on any atom is 0.472 e. The van der Waals surface area contributed by atoms with Gasteiger partial charge in [-0.1, -0.05) is 142 Å². The van der Waals surface area contributed by atoms with Crippen LogP contribution in [0.2, 0.25) is 0 Å². The molecule has 0 aliphatic carbocycles. The van der Waals surface area contributed by atoms with E-state index >= 15 is 0 Å². The van der Waals surface area contributed by atoms with E-state index < -0.39 is 39.1 Å². The summed E-state index contributed by atoms with van der Waals surface area (Å²) in [5.41, 5.74) is 5.32. The van der Waals surface area contributed by atoms with Crippen LogP contribution in [-0.2, 0) is 37.5 Å². The molecule has 10 nitrogen and oxygen atoms in total. The van der Waals surface area contributed by atoms with Crippen LogP contribution >= 0.6 is 7.82 Å². The third-order valence-corrected chi connectivity index (χ3v) is 8.81. The number of hydrogen-bond acceptors (Lipinski definition) is 9. The molecule has 2 atom stereocenters. The number of phosphoric acid groups is 1. The first-order valence-electron chi connectivity index (χ1n) is 21.0. The number of esters is 2. The van der Waals surface area contributed by atoms with Crippen LogP contribution in [0, 0.1) is 0 Å². The molecule has 0 radical (unpaired) electrons. The van der Waals surface area contributed by atoms with Crippen LogP contribution in [0.1, 0.15) is 123 Å². The molecule has 0 fully saturated rings. The van der Waals surface area contributed by atoms with E-state index in [0.29, 0.717) is 6.42 Å². The molecule has 11 heteroatoms. The predicted molar refractivity (Wildman–Crippen MR) is 238 cm³/mol. The fraction of sp³-hybridized carbons (Fsp3) is 0.511. The maximum atomic E-state index is 12.5. The molecule has 0 spiro atoms. The van der Waals surface area contributed by atoms with E-state index in [2.05, 4.69) is 98.9 Å². The largest absolute Gasteiger partial charge is 0.472 e. The standard InChI is InChI=1S/C47H72NO9P/c1-3-5-7-9-11-13-15-17-18-19-20-21-22-24-26-28-30-32-34-38-47(51)57-45(43-56-58(52,53)55-41-40-48)42-54-46(50)39-35-37-44(49)36-33-31-29-27-25-23-16-14-12-10-8-6-4-2/h5,7,11-14,17-18,20-21,23-26,29-33,36,45H,3-4,6,8-10,15-16,19,22,27-28,34-35,37-43,48H2,1-2H3,(H,52,53)/b7-5-,13-11-,14-12-,18-17-,21-20-,25-23-,26-24-,31-29-,32-30-,36-33+/t45-/m1/s1. The Morgan fingerprint density at radius 2 is 1.12 bits per heavy atom. The Labute approximate surface area is 349 Å². The molecule has 0 aliphatic rings. The van der Waals surface area contributed by atoms with Crippen LogP contribution in [0.15, 0.2) is 122 Å². The quantitative estimate of drug-likeness (QED) is 0.0155. The topological polar surface area (TPSA) is 151 Å². The van der Waals surface area contributed by atoms with Crippen molar-refractivity contribution in [3.63, 3.8) is 0 Å². The van der Waals surface area contributed by atoms with Gasteiger partial charge in [-0.25, -0.2) is 4.57 Å². The highest BCUT2D eigenvalue weighted by Gasteiger charge is 2.25. The molecule has 324 valence electrons. The summed E-state index contributed by atoms with van der Waals surface area (Å²) in [6.45, 7) is 3.18. The minimum atomic E-state index is -4.46. The lowest BCUT2D eigenvalue weighted by molar-refractivity contribution is -0.161. The molecule has 0 amide bonds. The molecule has 0 saturated carbocycles. The van der Waals surface area contributed by atoms with Crippen molar-refractivity contribution in [1.29, 1.82) is 0 Å². The number of carbonyl (C=O) groups excluding carboxylic acids is 3. The molecular formula is C47H72NO9P. The van der Waals surface area contributed by atoms with Crippen molar-refractivity contribution in [2.75, 3.05) is 26.4 Å². The number of allylic oxidation sites excluding steroid dienone is 20. The van der Waals surface area contributed by atoms with Crippen LogP contribution in [0.3, 0.4) is 0 Å². The monoisotopic (exact) mass is 825 g/mol. The second-order valence-electron chi connectivity index (χ2n) is 13.2. The fourth-order valence-corrected chi connectivity index (χ4v) is 5.49. The number of phosphoric ester groups is 1. The smallest absolute Gasteiger partial charge is 0.462 e. The Hall–Kier alpha value is -3.92. The highest BCUT2D eigenvalue weighted by atomic mass is 31.2. The van der Waals surface area contributed by atoms with E-state index in [4.69, 9.17) is 24.3 Å². The number of unbranched alkanes of at least 4 members (excludes halogenated alkanes) is 3. The molecule has 0 heterocycles. The van der Waals surface area contributed by atoms with E-state index in [0.717, 1.165) is 57.8 Å². The van der Waals surface area contributed by atoms with Crippen LogP contribution in [0.5, 0.6) is 0 Å². The van der Waals surface area contributed by atoms with E-state index in [1.165, 1.54) is 25.3 Å². The minimum Gasteiger partial charge on any atom is -0.462 e. The highest BCUT2D eigenvalue weighted by molar-refractivity contribution is 7.47. The van der Waals surface area contributed by atoms with Crippen molar-refractivity contribution in [2.45, 2.75) is 129 Å². The molecular weight excluding hydrogens is 753 g/mol. The molecule has 0 aromatic rings. The molecule has 0 aromatic heterocycles. The summed E-state index contributed by atoms with van der Waals surface area (Å²) in [6.07, 6.45) is 52.5. The molecule has 0 aromatic carbocycles. The second kappa shape index (κ2) is 41.2. The molecule has 0 aliphatic heterocycles.